The van der Waals surface area contributed by atoms with Crippen LogP contribution in [0.15, 0.2) is 0 Å². The van der Waals surface area contributed by atoms with E-state index in [0.717, 1.165) is 50.7 Å². The number of hydrogen-bond acceptors (Lipinski definition) is 2. The van der Waals surface area contributed by atoms with Gasteiger partial charge < -0.3 is 10.2 Å². The van der Waals surface area contributed by atoms with Crippen LogP contribution in [0.4, 0.5) is 0 Å². The molecule has 2 atom stereocenters. The quantitative estimate of drug-likeness (QED) is 0.813. The highest BCUT2D eigenvalue weighted by Crippen LogP contribution is 2.43. The second-order valence-corrected chi connectivity index (χ2v) is 6.56. The fourth-order valence-electron chi connectivity index (χ4n) is 4.33. The number of amides is 1. The SMILES string of the molecule is CCC1(C(=O)N2CCC3CNCC3C2)CCCC1. The lowest BCUT2D eigenvalue weighted by atomic mass is 9.80. The third-order valence-electron chi connectivity index (χ3n) is 5.68. The molecule has 1 saturated carbocycles. The van der Waals surface area contributed by atoms with Crippen molar-refractivity contribution in [2.45, 2.75) is 45.4 Å². The van der Waals surface area contributed by atoms with Gasteiger partial charge in [0.25, 0.3) is 0 Å². The van der Waals surface area contributed by atoms with E-state index in [1.165, 1.54) is 25.8 Å². The first kappa shape index (κ1) is 12.5. The predicted molar refractivity (Wildman–Crippen MR) is 72.2 cm³/mol. The Morgan fingerprint density at radius 2 is 2.00 bits per heavy atom. The molecule has 3 nitrogen and oxygen atoms in total. The number of hydrogen-bond donors (Lipinski definition) is 1. The van der Waals surface area contributed by atoms with Crippen LogP contribution >= 0.6 is 0 Å². The van der Waals surface area contributed by atoms with Gasteiger partial charge >= 0.3 is 0 Å². The van der Waals surface area contributed by atoms with Gasteiger partial charge in [-0.05, 0) is 50.6 Å². The summed E-state index contributed by atoms with van der Waals surface area (Å²) in [7, 11) is 0. The first-order valence-corrected chi connectivity index (χ1v) is 7.75. The predicted octanol–water partition coefficient (Wildman–Crippen LogP) is 2.02. The lowest BCUT2D eigenvalue weighted by molar-refractivity contribution is -0.144. The Morgan fingerprint density at radius 1 is 1.28 bits per heavy atom. The highest BCUT2D eigenvalue weighted by atomic mass is 16.2. The first-order valence-electron chi connectivity index (χ1n) is 7.75. The van der Waals surface area contributed by atoms with Gasteiger partial charge in [0.15, 0.2) is 0 Å². The molecule has 0 spiro atoms. The third-order valence-corrected chi connectivity index (χ3v) is 5.68. The summed E-state index contributed by atoms with van der Waals surface area (Å²) >= 11 is 0. The highest BCUT2D eigenvalue weighted by Gasteiger charge is 2.44. The Morgan fingerprint density at radius 3 is 2.72 bits per heavy atom. The minimum atomic E-state index is 0.0128. The maximum atomic E-state index is 12.8. The van der Waals surface area contributed by atoms with E-state index in [1.54, 1.807) is 0 Å². The zero-order valence-electron chi connectivity index (χ0n) is 11.6. The molecule has 18 heavy (non-hydrogen) atoms. The minimum Gasteiger partial charge on any atom is -0.342 e. The van der Waals surface area contributed by atoms with Gasteiger partial charge in [-0.15, -0.1) is 0 Å². The highest BCUT2D eigenvalue weighted by molar-refractivity contribution is 5.83. The lowest BCUT2D eigenvalue weighted by Crippen LogP contribution is -2.49. The summed E-state index contributed by atoms with van der Waals surface area (Å²) < 4.78 is 0. The largest absolute Gasteiger partial charge is 0.342 e. The van der Waals surface area contributed by atoms with Crippen LogP contribution in [-0.4, -0.2) is 37.0 Å². The molecule has 2 aliphatic heterocycles. The monoisotopic (exact) mass is 250 g/mol. The lowest BCUT2D eigenvalue weighted by Gasteiger charge is -2.39. The van der Waals surface area contributed by atoms with E-state index in [9.17, 15) is 4.79 Å². The van der Waals surface area contributed by atoms with Crippen molar-refractivity contribution in [1.29, 1.82) is 0 Å². The van der Waals surface area contributed by atoms with Crippen LogP contribution in [0.25, 0.3) is 0 Å². The summed E-state index contributed by atoms with van der Waals surface area (Å²) in [4.78, 5) is 15.0. The van der Waals surface area contributed by atoms with Crippen molar-refractivity contribution in [2.75, 3.05) is 26.2 Å². The third kappa shape index (κ3) is 1.97. The summed E-state index contributed by atoms with van der Waals surface area (Å²) in [6.45, 7) is 6.51. The van der Waals surface area contributed by atoms with Crippen molar-refractivity contribution in [2.24, 2.45) is 17.3 Å². The summed E-state index contributed by atoms with van der Waals surface area (Å²) in [5, 5.41) is 3.48. The van der Waals surface area contributed by atoms with E-state index in [4.69, 9.17) is 0 Å². The molecule has 0 radical (unpaired) electrons. The average molecular weight is 250 g/mol. The second kappa shape index (κ2) is 4.84. The number of carbonyl (C=O) groups is 1. The van der Waals surface area contributed by atoms with Crippen molar-refractivity contribution in [1.82, 2.24) is 10.2 Å². The fraction of sp³-hybridized carbons (Fsp3) is 0.933. The van der Waals surface area contributed by atoms with Crippen LogP contribution < -0.4 is 5.32 Å². The number of nitrogens with zero attached hydrogens (tertiary/aromatic N) is 1. The van der Waals surface area contributed by atoms with Crippen LogP contribution in [-0.2, 0) is 4.79 Å². The van der Waals surface area contributed by atoms with E-state index >= 15 is 0 Å². The Bertz CT molecular complexity index is 322. The smallest absolute Gasteiger partial charge is 0.228 e. The molecule has 3 fully saturated rings. The van der Waals surface area contributed by atoms with Crippen LogP contribution in [0, 0.1) is 17.3 Å². The second-order valence-electron chi connectivity index (χ2n) is 6.56. The summed E-state index contributed by atoms with van der Waals surface area (Å²) in [6.07, 6.45) is 7.01. The molecule has 102 valence electrons. The Hall–Kier alpha value is -0.570. The van der Waals surface area contributed by atoms with Gasteiger partial charge in [0.05, 0.1) is 0 Å². The fourth-order valence-corrected chi connectivity index (χ4v) is 4.33. The maximum Gasteiger partial charge on any atom is 0.228 e. The van der Waals surface area contributed by atoms with Crippen molar-refractivity contribution < 1.29 is 4.79 Å². The average Bonchev–Trinajstić information content (AvgIpc) is 3.06. The van der Waals surface area contributed by atoms with Gasteiger partial charge in [0.2, 0.25) is 5.91 Å². The van der Waals surface area contributed by atoms with Gasteiger partial charge in [-0.3, -0.25) is 4.79 Å². The Kier molecular flexibility index (Phi) is 3.35. The van der Waals surface area contributed by atoms with Crippen LogP contribution in [0.3, 0.4) is 0 Å². The van der Waals surface area contributed by atoms with Crippen LogP contribution in [0.2, 0.25) is 0 Å². The van der Waals surface area contributed by atoms with Gasteiger partial charge in [0, 0.05) is 18.5 Å². The topological polar surface area (TPSA) is 32.3 Å². The molecule has 3 heteroatoms. The van der Waals surface area contributed by atoms with Crippen molar-refractivity contribution >= 4 is 5.91 Å². The normalized spacial score (nSPS) is 34.6. The van der Waals surface area contributed by atoms with Gasteiger partial charge in [-0.2, -0.15) is 0 Å². The van der Waals surface area contributed by atoms with E-state index in [1.807, 2.05) is 0 Å². The van der Waals surface area contributed by atoms with E-state index in [-0.39, 0.29) is 5.41 Å². The molecule has 2 heterocycles. The first-order chi connectivity index (χ1) is 8.75. The number of carbonyl (C=O) groups excluding carboxylic acids is 1. The minimum absolute atomic E-state index is 0.0128. The van der Waals surface area contributed by atoms with Crippen LogP contribution in [0.1, 0.15) is 45.4 Å². The maximum absolute atomic E-state index is 12.8. The standard InChI is InChI=1S/C15H26N2O/c1-2-15(6-3-4-7-15)14(18)17-8-5-12-9-16-10-13(12)11-17/h12-13,16H,2-11H2,1H3. The molecular weight excluding hydrogens is 224 g/mol. The van der Waals surface area contributed by atoms with Crippen LogP contribution in [0.5, 0.6) is 0 Å². The molecule has 0 aromatic rings. The van der Waals surface area contributed by atoms with Gasteiger partial charge in [-0.1, -0.05) is 19.8 Å². The molecule has 3 rings (SSSR count). The summed E-state index contributed by atoms with van der Waals surface area (Å²) in [6, 6.07) is 0. The molecule has 0 aromatic carbocycles. The van der Waals surface area contributed by atoms with Crippen molar-refractivity contribution in [3.63, 3.8) is 0 Å². The molecule has 2 unspecified atom stereocenters. The van der Waals surface area contributed by atoms with E-state index in [0.29, 0.717) is 5.91 Å². The molecule has 1 amide bonds. The molecule has 3 aliphatic rings. The van der Waals surface area contributed by atoms with Gasteiger partial charge in [0.1, 0.15) is 0 Å². The zero-order chi connectivity index (χ0) is 12.6. The number of fused-ring (bicyclic) bond motifs is 1. The van der Waals surface area contributed by atoms with E-state index in [2.05, 4.69) is 17.1 Å². The summed E-state index contributed by atoms with van der Waals surface area (Å²) in [5.74, 6) is 2.03. The summed E-state index contributed by atoms with van der Waals surface area (Å²) in [5.41, 5.74) is 0.0128. The van der Waals surface area contributed by atoms with Crippen molar-refractivity contribution in [3.8, 4) is 0 Å². The van der Waals surface area contributed by atoms with E-state index < -0.39 is 0 Å². The zero-order valence-corrected chi connectivity index (χ0v) is 11.6. The molecule has 1 aliphatic carbocycles. The molecule has 1 N–H and O–H groups in total. The molecule has 0 bridgehead atoms. The molecular formula is C15H26N2O. The number of likely N-dealkylation sites (tertiary alicyclic amines) is 1. The Labute approximate surface area is 110 Å². The molecule has 0 aromatic heterocycles. The molecule has 2 saturated heterocycles. The van der Waals surface area contributed by atoms with Gasteiger partial charge in [-0.25, -0.2) is 0 Å². The van der Waals surface area contributed by atoms with Crippen molar-refractivity contribution in [3.05, 3.63) is 0 Å². The number of piperidine rings is 1. The number of rotatable bonds is 2. The number of nitrogens with one attached hydrogen (secondary N) is 1. The Balaban J connectivity index is 1.69.